The van der Waals surface area contributed by atoms with Crippen molar-refractivity contribution in [1.82, 2.24) is 9.88 Å². The second-order valence-corrected chi connectivity index (χ2v) is 9.58. The molecule has 8 heteroatoms. The lowest BCUT2D eigenvalue weighted by molar-refractivity contribution is -0.136. The van der Waals surface area contributed by atoms with Crippen LogP contribution in [0, 0.1) is 11.7 Å². The van der Waals surface area contributed by atoms with E-state index in [4.69, 9.17) is 11.6 Å². The molecule has 31 heavy (non-hydrogen) atoms. The average Bonchev–Trinajstić information content (AvgIpc) is 3.25. The van der Waals surface area contributed by atoms with E-state index in [1.165, 1.54) is 17.4 Å². The fraction of sp³-hybridized carbons (Fsp3) is 0.391. The minimum Gasteiger partial charge on any atom is -0.368 e. The van der Waals surface area contributed by atoms with Crippen LogP contribution in [0.25, 0.3) is 10.2 Å². The fourth-order valence-electron chi connectivity index (χ4n) is 4.47. The summed E-state index contributed by atoms with van der Waals surface area (Å²) < 4.78 is 14.8. The number of nitrogens with zero attached hydrogens (tertiary/aromatic N) is 4. The molecular formula is C23H24ClFN4OS. The van der Waals surface area contributed by atoms with Crippen LogP contribution in [0.4, 0.5) is 15.2 Å². The number of carbonyl (C=O) groups excluding carboxylic acids is 1. The van der Waals surface area contributed by atoms with Crippen molar-refractivity contribution in [2.75, 3.05) is 49.1 Å². The Morgan fingerprint density at radius 3 is 2.45 bits per heavy atom. The Kier molecular flexibility index (Phi) is 5.71. The molecule has 0 N–H and O–H groups in total. The van der Waals surface area contributed by atoms with Gasteiger partial charge >= 0.3 is 0 Å². The Morgan fingerprint density at radius 2 is 1.74 bits per heavy atom. The average molecular weight is 459 g/mol. The number of halogens is 2. The molecule has 0 atom stereocenters. The van der Waals surface area contributed by atoms with Crippen molar-refractivity contribution >= 4 is 49.9 Å². The van der Waals surface area contributed by atoms with Gasteiger partial charge in [0.2, 0.25) is 5.91 Å². The molecule has 3 heterocycles. The van der Waals surface area contributed by atoms with Gasteiger partial charge in [-0.3, -0.25) is 4.79 Å². The number of piperazine rings is 1. The van der Waals surface area contributed by atoms with E-state index in [9.17, 15) is 9.18 Å². The molecule has 2 fully saturated rings. The van der Waals surface area contributed by atoms with Gasteiger partial charge < -0.3 is 14.7 Å². The van der Waals surface area contributed by atoms with Gasteiger partial charge in [-0.05, 0) is 43.2 Å². The van der Waals surface area contributed by atoms with E-state index in [-0.39, 0.29) is 17.6 Å². The summed E-state index contributed by atoms with van der Waals surface area (Å²) in [6.45, 7) is 4.68. The number of hydrogen-bond acceptors (Lipinski definition) is 5. The van der Waals surface area contributed by atoms with E-state index in [1.807, 2.05) is 29.2 Å². The highest BCUT2D eigenvalue weighted by atomic mass is 35.5. The van der Waals surface area contributed by atoms with E-state index in [2.05, 4.69) is 20.9 Å². The second-order valence-electron chi connectivity index (χ2n) is 8.14. The van der Waals surface area contributed by atoms with Gasteiger partial charge in [0.05, 0.1) is 4.70 Å². The molecule has 2 aliphatic rings. The third-order valence-electron chi connectivity index (χ3n) is 6.24. The van der Waals surface area contributed by atoms with E-state index in [0.717, 1.165) is 72.7 Å². The van der Waals surface area contributed by atoms with Crippen molar-refractivity contribution in [2.45, 2.75) is 12.8 Å². The monoisotopic (exact) mass is 458 g/mol. The molecule has 2 saturated heterocycles. The number of hydrogen-bond donors (Lipinski definition) is 0. The lowest BCUT2D eigenvalue weighted by atomic mass is 9.95. The van der Waals surface area contributed by atoms with Gasteiger partial charge in [0.1, 0.15) is 11.3 Å². The zero-order chi connectivity index (χ0) is 21.4. The highest BCUT2D eigenvalue weighted by Crippen LogP contribution is 2.33. The van der Waals surface area contributed by atoms with Gasteiger partial charge in [0.25, 0.3) is 0 Å². The third kappa shape index (κ3) is 4.21. The first-order chi connectivity index (χ1) is 15.1. The highest BCUT2D eigenvalue weighted by Gasteiger charge is 2.31. The lowest BCUT2D eigenvalue weighted by Gasteiger charge is -2.39. The van der Waals surface area contributed by atoms with Crippen molar-refractivity contribution in [2.24, 2.45) is 5.92 Å². The topological polar surface area (TPSA) is 39.7 Å². The molecular weight excluding hydrogens is 435 g/mol. The minimum absolute atomic E-state index is 0.0556. The number of anilines is 2. The van der Waals surface area contributed by atoms with E-state index in [0.29, 0.717) is 5.52 Å². The molecule has 0 spiro atoms. The summed E-state index contributed by atoms with van der Waals surface area (Å²) in [4.78, 5) is 24.1. The van der Waals surface area contributed by atoms with Crippen molar-refractivity contribution < 1.29 is 9.18 Å². The molecule has 2 aromatic carbocycles. The first-order valence-corrected chi connectivity index (χ1v) is 11.9. The van der Waals surface area contributed by atoms with Crippen molar-refractivity contribution in [3.05, 3.63) is 53.3 Å². The van der Waals surface area contributed by atoms with E-state index >= 15 is 0 Å². The zero-order valence-corrected chi connectivity index (χ0v) is 18.7. The standard InChI is InChI=1S/C23H24ClFN4OS/c24-17-3-1-4-18(15-17)27-11-13-28(14-12-27)22(30)16-7-9-29(10-8-16)23-26-21-19(25)5-2-6-20(21)31-23/h1-6,15-16H,7-14H2. The van der Waals surface area contributed by atoms with Gasteiger partial charge in [-0.2, -0.15) is 0 Å². The van der Waals surface area contributed by atoms with Gasteiger partial charge in [-0.1, -0.05) is 35.1 Å². The van der Waals surface area contributed by atoms with Gasteiger partial charge in [0, 0.05) is 55.9 Å². The predicted octanol–water partition coefficient (Wildman–Crippen LogP) is 4.65. The summed E-state index contributed by atoms with van der Waals surface area (Å²) in [5.41, 5.74) is 1.55. The molecule has 5 nitrogen and oxygen atoms in total. The Morgan fingerprint density at radius 1 is 1.00 bits per heavy atom. The van der Waals surface area contributed by atoms with Gasteiger partial charge in [0.15, 0.2) is 5.13 Å². The largest absolute Gasteiger partial charge is 0.368 e. The minimum atomic E-state index is -0.276. The van der Waals surface area contributed by atoms with E-state index in [1.54, 1.807) is 6.07 Å². The molecule has 0 saturated carbocycles. The Balaban J connectivity index is 1.16. The summed E-state index contributed by atoms with van der Waals surface area (Å²) in [5.74, 6) is 0.0443. The summed E-state index contributed by atoms with van der Waals surface area (Å²) in [7, 11) is 0. The number of piperidine rings is 1. The van der Waals surface area contributed by atoms with Crippen LogP contribution < -0.4 is 9.80 Å². The molecule has 0 bridgehead atoms. The fourth-order valence-corrected chi connectivity index (χ4v) is 5.69. The number of para-hydroxylation sites is 1. The number of fused-ring (bicyclic) bond motifs is 1. The Bertz CT molecular complexity index is 1090. The number of benzene rings is 2. The summed E-state index contributed by atoms with van der Waals surface area (Å²) in [5, 5.41) is 1.58. The van der Waals surface area contributed by atoms with Crippen LogP contribution in [0.1, 0.15) is 12.8 Å². The molecule has 1 amide bonds. The van der Waals surface area contributed by atoms with Crippen LogP contribution in [0.3, 0.4) is 0 Å². The third-order valence-corrected chi connectivity index (χ3v) is 7.55. The Labute approximate surface area is 190 Å². The van der Waals surface area contributed by atoms with Crippen LogP contribution >= 0.6 is 22.9 Å². The second kappa shape index (κ2) is 8.63. The van der Waals surface area contributed by atoms with Crippen molar-refractivity contribution in [3.8, 4) is 0 Å². The molecule has 0 aliphatic carbocycles. The number of amides is 1. The van der Waals surface area contributed by atoms with Crippen LogP contribution in [0.2, 0.25) is 5.02 Å². The number of thiazole rings is 1. The summed E-state index contributed by atoms with van der Waals surface area (Å²) in [6, 6.07) is 12.9. The number of carbonyl (C=O) groups is 1. The van der Waals surface area contributed by atoms with Crippen molar-refractivity contribution in [1.29, 1.82) is 0 Å². The molecule has 162 valence electrons. The maximum Gasteiger partial charge on any atom is 0.225 e. The molecule has 0 radical (unpaired) electrons. The Hall–Kier alpha value is -2.38. The quantitative estimate of drug-likeness (QED) is 0.572. The maximum atomic E-state index is 14.0. The maximum absolute atomic E-state index is 14.0. The lowest BCUT2D eigenvalue weighted by Crippen LogP contribution is -2.51. The SMILES string of the molecule is O=C(C1CCN(c2nc3c(F)cccc3s2)CC1)N1CCN(c2cccc(Cl)c2)CC1. The predicted molar refractivity (Wildman–Crippen MR) is 125 cm³/mol. The van der Waals surface area contributed by atoms with Crippen LogP contribution in [-0.4, -0.2) is 55.1 Å². The smallest absolute Gasteiger partial charge is 0.225 e. The van der Waals surface area contributed by atoms with E-state index < -0.39 is 0 Å². The van der Waals surface area contributed by atoms with Crippen molar-refractivity contribution in [3.63, 3.8) is 0 Å². The van der Waals surface area contributed by atoms with Gasteiger partial charge in [-0.25, -0.2) is 9.37 Å². The summed E-state index contributed by atoms with van der Waals surface area (Å²) >= 11 is 7.63. The highest BCUT2D eigenvalue weighted by molar-refractivity contribution is 7.22. The first kappa shape index (κ1) is 20.5. The number of aromatic nitrogens is 1. The molecule has 0 unspecified atom stereocenters. The number of rotatable bonds is 3. The molecule has 3 aromatic rings. The zero-order valence-electron chi connectivity index (χ0n) is 17.1. The summed E-state index contributed by atoms with van der Waals surface area (Å²) in [6.07, 6.45) is 1.62. The van der Waals surface area contributed by atoms with Crippen LogP contribution in [0.15, 0.2) is 42.5 Å². The molecule has 5 rings (SSSR count). The molecule has 2 aliphatic heterocycles. The van der Waals surface area contributed by atoms with Crippen LogP contribution in [0.5, 0.6) is 0 Å². The first-order valence-electron chi connectivity index (χ1n) is 10.7. The van der Waals surface area contributed by atoms with Crippen LogP contribution in [-0.2, 0) is 4.79 Å². The normalized spacial score (nSPS) is 18.1. The van der Waals surface area contributed by atoms with Gasteiger partial charge in [-0.15, -0.1) is 0 Å². The molecule has 1 aromatic heterocycles.